The van der Waals surface area contributed by atoms with Crippen LogP contribution in [0, 0.1) is 0 Å². The first-order chi connectivity index (χ1) is 13.1. The van der Waals surface area contributed by atoms with Gasteiger partial charge in [0.25, 0.3) is 0 Å². The number of aromatic nitrogens is 1. The first-order valence-electron chi connectivity index (χ1n) is 8.86. The van der Waals surface area contributed by atoms with Gasteiger partial charge in [-0.05, 0) is 31.0 Å². The maximum atomic E-state index is 12.6. The number of benzene rings is 1. The van der Waals surface area contributed by atoms with Gasteiger partial charge < -0.3 is 19.7 Å². The highest BCUT2D eigenvalue weighted by Crippen LogP contribution is 2.31. The van der Waals surface area contributed by atoms with Gasteiger partial charge >= 0.3 is 0 Å². The molecule has 1 aliphatic rings. The van der Waals surface area contributed by atoms with Gasteiger partial charge in [0.1, 0.15) is 12.6 Å². The number of nitrogens with one attached hydrogen (secondary N) is 1. The second-order valence-electron chi connectivity index (χ2n) is 6.38. The number of methoxy groups -OCH3 is 1. The molecule has 0 saturated carbocycles. The minimum atomic E-state index is -0.427. The van der Waals surface area contributed by atoms with Gasteiger partial charge in [0.2, 0.25) is 11.8 Å². The van der Waals surface area contributed by atoms with E-state index in [0.717, 1.165) is 12.0 Å². The predicted molar refractivity (Wildman–Crippen MR) is 101 cm³/mol. The lowest BCUT2D eigenvalue weighted by Gasteiger charge is -2.22. The highest BCUT2D eigenvalue weighted by molar-refractivity contribution is 5.97. The van der Waals surface area contributed by atoms with Crippen LogP contribution in [0.2, 0.25) is 0 Å². The molecule has 3 rings (SSSR count). The molecule has 0 spiro atoms. The lowest BCUT2D eigenvalue weighted by molar-refractivity contribution is -0.134. The van der Waals surface area contributed by atoms with Crippen molar-refractivity contribution < 1.29 is 19.1 Å². The van der Waals surface area contributed by atoms with Crippen molar-refractivity contribution in [3.8, 4) is 11.5 Å². The highest BCUT2D eigenvalue weighted by Gasteiger charge is 2.32. The molecule has 2 amide bonds. The molecule has 1 aromatic heterocycles. The van der Waals surface area contributed by atoms with Crippen LogP contribution in [-0.4, -0.2) is 41.4 Å². The number of hydrogen-bond acceptors (Lipinski definition) is 5. The fourth-order valence-corrected chi connectivity index (χ4v) is 3.15. The number of ether oxygens (including phenoxy) is 2. The van der Waals surface area contributed by atoms with E-state index in [1.54, 1.807) is 42.6 Å². The Kier molecular flexibility index (Phi) is 5.90. The van der Waals surface area contributed by atoms with E-state index in [1.807, 2.05) is 12.1 Å². The Morgan fingerprint density at radius 3 is 2.85 bits per heavy atom. The first-order valence-corrected chi connectivity index (χ1v) is 8.86. The number of anilines is 1. The van der Waals surface area contributed by atoms with E-state index < -0.39 is 6.04 Å². The molecule has 1 atom stereocenters. The summed E-state index contributed by atoms with van der Waals surface area (Å²) in [4.78, 5) is 29.9. The maximum Gasteiger partial charge on any atom is 0.247 e. The number of pyridine rings is 1. The van der Waals surface area contributed by atoms with Crippen molar-refractivity contribution in [2.45, 2.75) is 32.4 Å². The van der Waals surface area contributed by atoms with E-state index in [-0.39, 0.29) is 11.8 Å². The smallest absolute Gasteiger partial charge is 0.247 e. The number of nitrogens with zero attached hydrogens (tertiary/aromatic N) is 2. The van der Waals surface area contributed by atoms with Crippen molar-refractivity contribution in [3.63, 3.8) is 0 Å². The second-order valence-corrected chi connectivity index (χ2v) is 6.38. The molecule has 2 heterocycles. The molecule has 1 aromatic carbocycles. The third kappa shape index (κ3) is 4.55. The molecule has 0 bridgehead atoms. The number of carbonyl (C=O) groups is 2. The number of carbonyl (C=O) groups excluding carboxylic acids is 2. The van der Waals surface area contributed by atoms with Gasteiger partial charge in [0.05, 0.1) is 7.11 Å². The van der Waals surface area contributed by atoms with Gasteiger partial charge in [-0.15, -0.1) is 0 Å². The minimum Gasteiger partial charge on any atom is -0.493 e. The van der Waals surface area contributed by atoms with Crippen molar-refractivity contribution >= 4 is 17.5 Å². The van der Waals surface area contributed by atoms with Crippen LogP contribution in [0.5, 0.6) is 11.5 Å². The molecule has 7 heteroatoms. The standard InChI is InChI=1S/C20H23N3O4/c1-14(24)23-10-4-6-17(23)20(25)22-16-7-8-18(26-2)19(11-16)27-13-15-5-3-9-21-12-15/h3,5,7-9,11-12,17H,4,6,10,13H2,1-2H3,(H,22,25)/t17-/m0/s1. The zero-order valence-corrected chi connectivity index (χ0v) is 15.5. The van der Waals surface area contributed by atoms with Crippen molar-refractivity contribution in [2.75, 3.05) is 19.0 Å². The zero-order valence-electron chi connectivity index (χ0n) is 15.5. The van der Waals surface area contributed by atoms with Crippen LogP contribution in [-0.2, 0) is 16.2 Å². The molecule has 0 aliphatic carbocycles. The molecule has 1 fully saturated rings. The molecular weight excluding hydrogens is 346 g/mol. The van der Waals surface area contributed by atoms with Gasteiger partial charge in [0, 0.05) is 43.2 Å². The molecule has 0 radical (unpaired) electrons. The van der Waals surface area contributed by atoms with Crippen molar-refractivity contribution in [2.24, 2.45) is 0 Å². The molecule has 1 aliphatic heterocycles. The summed E-state index contributed by atoms with van der Waals surface area (Å²) in [7, 11) is 1.56. The van der Waals surface area contributed by atoms with E-state index in [1.165, 1.54) is 6.92 Å². The monoisotopic (exact) mass is 369 g/mol. The quantitative estimate of drug-likeness (QED) is 0.847. The van der Waals surface area contributed by atoms with Crippen LogP contribution in [0.25, 0.3) is 0 Å². The molecule has 142 valence electrons. The first kappa shape index (κ1) is 18.7. The second kappa shape index (κ2) is 8.53. The fraction of sp³-hybridized carbons (Fsp3) is 0.350. The Hall–Kier alpha value is -3.09. The van der Waals surface area contributed by atoms with Gasteiger partial charge in [-0.3, -0.25) is 14.6 Å². The lowest BCUT2D eigenvalue weighted by Crippen LogP contribution is -2.42. The Labute approximate surface area is 158 Å². The number of rotatable bonds is 6. The van der Waals surface area contributed by atoms with Crippen LogP contribution in [0.4, 0.5) is 5.69 Å². The summed E-state index contributed by atoms with van der Waals surface area (Å²) in [6.45, 7) is 2.45. The summed E-state index contributed by atoms with van der Waals surface area (Å²) in [5.74, 6) is 0.825. The van der Waals surface area contributed by atoms with Crippen LogP contribution in [0.3, 0.4) is 0 Å². The molecule has 7 nitrogen and oxygen atoms in total. The Morgan fingerprint density at radius 1 is 1.30 bits per heavy atom. The average Bonchev–Trinajstić information content (AvgIpc) is 3.18. The number of amides is 2. The number of hydrogen-bond donors (Lipinski definition) is 1. The Bertz CT molecular complexity index is 810. The molecule has 1 N–H and O–H groups in total. The van der Waals surface area contributed by atoms with Crippen molar-refractivity contribution in [3.05, 3.63) is 48.3 Å². The van der Waals surface area contributed by atoms with Crippen LogP contribution in [0.15, 0.2) is 42.7 Å². The summed E-state index contributed by atoms with van der Waals surface area (Å²) in [5, 5.41) is 2.88. The van der Waals surface area contributed by atoms with Crippen molar-refractivity contribution in [1.82, 2.24) is 9.88 Å². The summed E-state index contributed by atoms with van der Waals surface area (Å²) in [6.07, 6.45) is 4.94. The lowest BCUT2D eigenvalue weighted by atomic mass is 10.2. The summed E-state index contributed by atoms with van der Waals surface area (Å²) < 4.78 is 11.2. The normalized spacial score (nSPS) is 16.1. The van der Waals surface area contributed by atoms with E-state index in [2.05, 4.69) is 10.3 Å². The highest BCUT2D eigenvalue weighted by atomic mass is 16.5. The van der Waals surface area contributed by atoms with Gasteiger partial charge in [-0.25, -0.2) is 0 Å². The van der Waals surface area contributed by atoms with Crippen LogP contribution >= 0.6 is 0 Å². The zero-order chi connectivity index (χ0) is 19.2. The van der Waals surface area contributed by atoms with Gasteiger partial charge in [0.15, 0.2) is 11.5 Å². The maximum absolute atomic E-state index is 12.6. The Morgan fingerprint density at radius 2 is 2.15 bits per heavy atom. The molecule has 0 unspecified atom stereocenters. The van der Waals surface area contributed by atoms with E-state index in [4.69, 9.17) is 9.47 Å². The van der Waals surface area contributed by atoms with Gasteiger partial charge in [-0.1, -0.05) is 6.07 Å². The van der Waals surface area contributed by atoms with Crippen LogP contribution in [0.1, 0.15) is 25.3 Å². The van der Waals surface area contributed by atoms with E-state index in [0.29, 0.717) is 36.8 Å². The van der Waals surface area contributed by atoms with Crippen LogP contribution < -0.4 is 14.8 Å². The average molecular weight is 369 g/mol. The Balaban J connectivity index is 1.70. The largest absolute Gasteiger partial charge is 0.493 e. The minimum absolute atomic E-state index is 0.0807. The summed E-state index contributed by atoms with van der Waals surface area (Å²) >= 11 is 0. The SMILES string of the molecule is COc1ccc(NC(=O)[C@@H]2CCCN2C(C)=O)cc1OCc1cccnc1. The fourth-order valence-electron chi connectivity index (χ4n) is 3.15. The third-order valence-electron chi connectivity index (χ3n) is 4.51. The molecule has 27 heavy (non-hydrogen) atoms. The summed E-state index contributed by atoms with van der Waals surface area (Å²) in [5.41, 5.74) is 1.52. The molecule has 1 saturated heterocycles. The van der Waals surface area contributed by atoms with E-state index >= 15 is 0 Å². The van der Waals surface area contributed by atoms with E-state index in [9.17, 15) is 9.59 Å². The van der Waals surface area contributed by atoms with Gasteiger partial charge in [-0.2, -0.15) is 0 Å². The molecule has 2 aromatic rings. The number of likely N-dealkylation sites (tertiary alicyclic amines) is 1. The summed E-state index contributed by atoms with van der Waals surface area (Å²) in [6, 6.07) is 8.55. The topological polar surface area (TPSA) is 80.8 Å². The third-order valence-corrected chi connectivity index (χ3v) is 4.51. The van der Waals surface area contributed by atoms with Crippen molar-refractivity contribution in [1.29, 1.82) is 0 Å². The molecular formula is C20H23N3O4. The predicted octanol–water partition coefficient (Wildman–Crippen LogP) is 2.62.